The van der Waals surface area contributed by atoms with Crippen LogP contribution in [0.3, 0.4) is 0 Å². The van der Waals surface area contributed by atoms with Gasteiger partial charge in [-0.05, 0) is 50.5 Å². The maximum atomic E-state index is 10.3. The van der Waals surface area contributed by atoms with Crippen LogP contribution < -0.4 is 10.2 Å². The van der Waals surface area contributed by atoms with E-state index in [-0.39, 0.29) is 5.75 Å². The molecule has 3 N–H and O–H groups in total. The van der Waals surface area contributed by atoms with Gasteiger partial charge in [-0.15, -0.1) is 0 Å². The molecule has 1 aliphatic heterocycles. The van der Waals surface area contributed by atoms with Gasteiger partial charge in [0.25, 0.3) is 0 Å². The molecule has 0 unspecified atom stereocenters. The van der Waals surface area contributed by atoms with Crippen molar-refractivity contribution in [2.24, 2.45) is 0 Å². The number of piperidine rings is 1. The molecule has 0 amide bonds. The lowest BCUT2D eigenvalue weighted by atomic mass is 10.0. The summed E-state index contributed by atoms with van der Waals surface area (Å²) >= 11 is 0. The molecule has 0 saturated carbocycles. The van der Waals surface area contributed by atoms with E-state index in [2.05, 4.69) is 20.2 Å². The van der Waals surface area contributed by atoms with Gasteiger partial charge in [0.2, 0.25) is 5.95 Å². The van der Waals surface area contributed by atoms with Gasteiger partial charge < -0.3 is 20.4 Å². The van der Waals surface area contributed by atoms with Crippen molar-refractivity contribution in [3.05, 3.63) is 47.3 Å². The summed E-state index contributed by atoms with van der Waals surface area (Å²) in [6.07, 6.45) is 1.43. The van der Waals surface area contributed by atoms with E-state index in [4.69, 9.17) is 0 Å². The zero-order valence-electron chi connectivity index (χ0n) is 14.8. The van der Waals surface area contributed by atoms with Crippen LogP contribution in [0.4, 0.5) is 5.95 Å². The molecule has 0 spiro atoms. The number of nitrogens with zero attached hydrogens (tertiary/aromatic N) is 3. The zero-order valence-corrected chi connectivity index (χ0v) is 14.8. The summed E-state index contributed by atoms with van der Waals surface area (Å²) in [5.74, 6) is 1.03. The summed E-state index contributed by atoms with van der Waals surface area (Å²) in [5, 5.41) is 23.0. The van der Waals surface area contributed by atoms with Crippen LogP contribution in [-0.4, -0.2) is 45.9 Å². The Morgan fingerprint density at radius 2 is 1.72 bits per heavy atom. The Morgan fingerprint density at radius 3 is 2.32 bits per heavy atom. The van der Waals surface area contributed by atoms with E-state index in [0.29, 0.717) is 12.6 Å². The highest BCUT2D eigenvalue weighted by Crippen LogP contribution is 2.19. The summed E-state index contributed by atoms with van der Waals surface area (Å²) in [4.78, 5) is 11.3. The van der Waals surface area contributed by atoms with E-state index < -0.39 is 6.10 Å². The van der Waals surface area contributed by atoms with E-state index in [1.54, 1.807) is 24.3 Å². The number of aryl methyl sites for hydroxylation is 2. The predicted octanol–water partition coefficient (Wildman–Crippen LogP) is 2.09. The Balaban J connectivity index is 1.48. The number of aliphatic hydroxyl groups excluding tert-OH is 1. The van der Waals surface area contributed by atoms with Gasteiger partial charge in [-0.3, -0.25) is 0 Å². The second kappa shape index (κ2) is 7.80. The minimum Gasteiger partial charge on any atom is -0.508 e. The molecule has 1 atom stereocenters. The van der Waals surface area contributed by atoms with Crippen LogP contribution in [0.1, 0.15) is 35.9 Å². The number of rotatable bonds is 5. The molecule has 1 aromatic carbocycles. The van der Waals surface area contributed by atoms with Crippen molar-refractivity contribution in [1.82, 2.24) is 15.3 Å². The van der Waals surface area contributed by atoms with Crippen molar-refractivity contribution in [3.8, 4) is 5.75 Å². The standard InChI is InChI=1S/C19H26N4O2/c1-13-11-14(2)22-19(21-13)23-9-7-16(8-10-23)20-12-18(25)15-3-5-17(24)6-4-15/h3-6,11,16,18,20,24-25H,7-10,12H2,1-2H3/t18-/m0/s1. The van der Waals surface area contributed by atoms with Crippen molar-refractivity contribution >= 4 is 5.95 Å². The molecule has 134 valence electrons. The van der Waals surface area contributed by atoms with E-state index in [1.165, 1.54) is 0 Å². The number of benzene rings is 1. The Morgan fingerprint density at radius 1 is 1.12 bits per heavy atom. The van der Waals surface area contributed by atoms with E-state index in [1.807, 2.05) is 19.9 Å². The molecule has 2 aromatic rings. The van der Waals surface area contributed by atoms with Crippen molar-refractivity contribution in [1.29, 1.82) is 0 Å². The SMILES string of the molecule is Cc1cc(C)nc(N2CCC(NC[C@H](O)c3ccc(O)cc3)CC2)n1. The molecule has 1 fully saturated rings. The predicted molar refractivity (Wildman–Crippen MR) is 97.8 cm³/mol. The van der Waals surface area contributed by atoms with Gasteiger partial charge in [-0.25, -0.2) is 9.97 Å². The molecule has 0 bridgehead atoms. The van der Waals surface area contributed by atoms with Gasteiger partial charge in [0.15, 0.2) is 0 Å². The van der Waals surface area contributed by atoms with Gasteiger partial charge in [-0.1, -0.05) is 12.1 Å². The fourth-order valence-corrected chi connectivity index (χ4v) is 3.22. The number of aromatic nitrogens is 2. The van der Waals surface area contributed by atoms with Crippen LogP contribution in [0.25, 0.3) is 0 Å². The molecular formula is C19H26N4O2. The fraction of sp³-hybridized carbons (Fsp3) is 0.474. The fourth-order valence-electron chi connectivity index (χ4n) is 3.22. The summed E-state index contributed by atoms with van der Waals surface area (Å²) in [6.45, 7) is 6.33. The Hall–Kier alpha value is -2.18. The molecule has 1 aliphatic rings. The van der Waals surface area contributed by atoms with Gasteiger partial charge in [0.05, 0.1) is 6.10 Å². The van der Waals surface area contributed by atoms with Crippen LogP contribution in [0.2, 0.25) is 0 Å². The second-order valence-electron chi connectivity index (χ2n) is 6.73. The number of hydrogen-bond donors (Lipinski definition) is 3. The third-order valence-corrected chi connectivity index (χ3v) is 4.63. The highest BCUT2D eigenvalue weighted by molar-refractivity contribution is 5.33. The van der Waals surface area contributed by atoms with Crippen molar-refractivity contribution in [2.45, 2.75) is 38.8 Å². The molecule has 6 nitrogen and oxygen atoms in total. The smallest absolute Gasteiger partial charge is 0.225 e. The topological polar surface area (TPSA) is 81.5 Å². The van der Waals surface area contributed by atoms with Crippen molar-refractivity contribution in [3.63, 3.8) is 0 Å². The number of phenolic OH excluding ortho intramolecular Hbond substituents is 1. The Kier molecular flexibility index (Phi) is 5.50. The molecule has 0 radical (unpaired) electrons. The molecule has 1 saturated heterocycles. The number of anilines is 1. The van der Waals surface area contributed by atoms with Crippen LogP contribution in [0.5, 0.6) is 5.75 Å². The summed E-state index contributed by atoms with van der Waals surface area (Å²) in [7, 11) is 0. The maximum Gasteiger partial charge on any atom is 0.225 e. The largest absolute Gasteiger partial charge is 0.508 e. The third kappa shape index (κ3) is 4.67. The zero-order chi connectivity index (χ0) is 17.8. The van der Waals surface area contributed by atoms with Crippen molar-refractivity contribution in [2.75, 3.05) is 24.5 Å². The van der Waals surface area contributed by atoms with Crippen molar-refractivity contribution < 1.29 is 10.2 Å². The number of phenols is 1. The minimum absolute atomic E-state index is 0.213. The first kappa shape index (κ1) is 17.6. The average Bonchev–Trinajstić information content (AvgIpc) is 2.60. The molecule has 2 heterocycles. The number of aliphatic hydroxyl groups is 1. The normalized spacial score (nSPS) is 16.8. The second-order valence-corrected chi connectivity index (χ2v) is 6.73. The van der Waals surface area contributed by atoms with Gasteiger partial charge in [0, 0.05) is 37.1 Å². The molecular weight excluding hydrogens is 316 g/mol. The first-order chi connectivity index (χ1) is 12.0. The Bertz CT molecular complexity index is 677. The summed E-state index contributed by atoms with van der Waals surface area (Å²) < 4.78 is 0. The summed E-state index contributed by atoms with van der Waals surface area (Å²) in [6, 6.07) is 9.07. The monoisotopic (exact) mass is 342 g/mol. The first-order valence-corrected chi connectivity index (χ1v) is 8.79. The molecule has 3 rings (SSSR count). The highest BCUT2D eigenvalue weighted by Gasteiger charge is 2.21. The van der Waals surface area contributed by atoms with Gasteiger partial charge in [-0.2, -0.15) is 0 Å². The number of hydrogen-bond acceptors (Lipinski definition) is 6. The quantitative estimate of drug-likeness (QED) is 0.772. The minimum atomic E-state index is -0.568. The lowest BCUT2D eigenvalue weighted by Gasteiger charge is -2.33. The first-order valence-electron chi connectivity index (χ1n) is 8.79. The van der Waals surface area contributed by atoms with Crippen LogP contribution in [0, 0.1) is 13.8 Å². The molecule has 0 aliphatic carbocycles. The highest BCUT2D eigenvalue weighted by atomic mass is 16.3. The van der Waals surface area contributed by atoms with E-state index in [9.17, 15) is 10.2 Å². The van der Waals surface area contributed by atoms with E-state index in [0.717, 1.165) is 48.8 Å². The number of nitrogens with one attached hydrogen (secondary N) is 1. The van der Waals surface area contributed by atoms with Crippen LogP contribution >= 0.6 is 0 Å². The third-order valence-electron chi connectivity index (χ3n) is 4.63. The van der Waals surface area contributed by atoms with Crippen LogP contribution in [-0.2, 0) is 0 Å². The van der Waals surface area contributed by atoms with Gasteiger partial charge in [0.1, 0.15) is 5.75 Å². The molecule has 6 heteroatoms. The lowest BCUT2D eigenvalue weighted by molar-refractivity contribution is 0.167. The number of aromatic hydroxyl groups is 1. The molecule has 1 aromatic heterocycles. The lowest BCUT2D eigenvalue weighted by Crippen LogP contribution is -2.44. The van der Waals surface area contributed by atoms with Gasteiger partial charge >= 0.3 is 0 Å². The average molecular weight is 342 g/mol. The maximum absolute atomic E-state index is 10.3. The summed E-state index contributed by atoms with van der Waals surface area (Å²) in [5.41, 5.74) is 2.81. The van der Waals surface area contributed by atoms with E-state index >= 15 is 0 Å². The van der Waals surface area contributed by atoms with Crippen LogP contribution in [0.15, 0.2) is 30.3 Å². The molecule has 25 heavy (non-hydrogen) atoms. The Labute approximate surface area is 148 Å².